The molecule has 3 rings (SSSR count). The second kappa shape index (κ2) is 3.64. The van der Waals surface area contributed by atoms with Gasteiger partial charge < -0.3 is 4.74 Å². The van der Waals surface area contributed by atoms with Crippen LogP contribution in [0.5, 0.6) is 11.5 Å². The van der Waals surface area contributed by atoms with Gasteiger partial charge in [0.15, 0.2) is 5.75 Å². The molecular formula is C13H7BClNO. The van der Waals surface area contributed by atoms with Crippen molar-refractivity contribution in [2.24, 2.45) is 0 Å². The Bertz CT molecular complexity index is 586. The van der Waals surface area contributed by atoms with Gasteiger partial charge in [0.2, 0.25) is 0 Å². The number of ether oxygens (including phenoxy) is 1. The fourth-order valence-corrected chi connectivity index (χ4v) is 1.99. The van der Waals surface area contributed by atoms with Crippen LogP contribution in [-0.4, -0.2) is 12.8 Å². The summed E-state index contributed by atoms with van der Waals surface area (Å²) in [6.45, 7) is 4.02. The zero-order chi connectivity index (χ0) is 12.0. The molecule has 1 aromatic carbocycles. The van der Waals surface area contributed by atoms with E-state index in [1.807, 2.05) is 12.1 Å². The van der Waals surface area contributed by atoms with Crippen LogP contribution in [0.1, 0.15) is 11.3 Å². The van der Waals surface area contributed by atoms with Crippen LogP contribution >= 0.6 is 11.6 Å². The first-order valence-corrected chi connectivity index (χ1v) is 5.46. The highest BCUT2D eigenvalue weighted by molar-refractivity contribution is 6.32. The van der Waals surface area contributed by atoms with E-state index >= 15 is 0 Å². The van der Waals surface area contributed by atoms with Gasteiger partial charge in [-0.05, 0) is 18.2 Å². The molecule has 17 heavy (non-hydrogen) atoms. The smallest absolute Gasteiger partial charge is 0.153 e. The first kappa shape index (κ1) is 10.4. The standard InChI is InChI=1S/C13H7BClNO/c1-7-9-6-8(14)2-3-10(9)17-11-4-5-12(15)16-13(7)11/h2-6H,1H2. The highest BCUT2D eigenvalue weighted by atomic mass is 35.5. The van der Waals surface area contributed by atoms with Crippen LogP contribution in [0.2, 0.25) is 5.15 Å². The van der Waals surface area contributed by atoms with Gasteiger partial charge in [-0.2, -0.15) is 0 Å². The Kier molecular flexibility index (Phi) is 2.23. The second-order valence-electron chi connectivity index (χ2n) is 3.82. The van der Waals surface area contributed by atoms with Crippen molar-refractivity contribution in [2.45, 2.75) is 0 Å². The highest BCUT2D eigenvalue weighted by Gasteiger charge is 2.21. The predicted molar refractivity (Wildman–Crippen MR) is 69.3 cm³/mol. The molecule has 0 amide bonds. The van der Waals surface area contributed by atoms with Crippen molar-refractivity contribution >= 4 is 30.5 Å². The number of hydrogen-bond acceptors (Lipinski definition) is 2. The quantitative estimate of drug-likeness (QED) is 0.444. The summed E-state index contributed by atoms with van der Waals surface area (Å²) >= 11 is 5.87. The van der Waals surface area contributed by atoms with Gasteiger partial charge in [-0.15, -0.1) is 0 Å². The Balaban J connectivity index is 2.21. The van der Waals surface area contributed by atoms with Crippen molar-refractivity contribution in [1.82, 2.24) is 4.98 Å². The van der Waals surface area contributed by atoms with Gasteiger partial charge in [0.25, 0.3) is 0 Å². The Morgan fingerprint density at radius 3 is 2.76 bits per heavy atom. The van der Waals surface area contributed by atoms with Gasteiger partial charge in [0.1, 0.15) is 24.4 Å². The zero-order valence-corrected chi connectivity index (χ0v) is 9.66. The second-order valence-corrected chi connectivity index (χ2v) is 4.20. The summed E-state index contributed by atoms with van der Waals surface area (Å²) in [5.41, 5.74) is 2.96. The van der Waals surface area contributed by atoms with E-state index in [2.05, 4.69) is 11.6 Å². The molecule has 0 spiro atoms. The third-order valence-corrected chi connectivity index (χ3v) is 2.87. The molecule has 0 unspecified atom stereocenters. The van der Waals surface area contributed by atoms with E-state index in [9.17, 15) is 0 Å². The summed E-state index contributed by atoms with van der Waals surface area (Å²) in [6, 6.07) is 8.92. The maximum atomic E-state index is 5.87. The lowest BCUT2D eigenvalue weighted by Crippen LogP contribution is -2.09. The average molecular weight is 239 g/mol. The number of fused-ring (bicyclic) bond motifs is 2. The van der Waals surface area contributed by atoms with Crippen LogP contribution in [0.15, 0.2) is 36.9 Å². The molecule has 0 bridgehead atoms. The molecule has 1 aliphatic heterocycles. The molecule has 80 valence electrons. The van der Waals surface area contributed by atoms with Gasteiger partial charge in [0.05, 0.1) is 0 Å². The lowest BCUT2D eigenvalue weighted by molar-refractivity contribution is 0.471. The summed E-state index contributed by atoms with van der Waals surface area (Å²) in [7, 11) is 5.75. The van der Waals surface area contributed by atoms with Crippen LogP contribution in [-0.2, 0) is 0 Å². The fraction of sp³-hybridized carbons (Fsp3) is 0. The van der Waals surface area contributed by atoms with E-state index in [0.717, 1.165) is 16.9 Å². The van der Waals surface area contributed by atoms with Crippen molar-refractivity contribution in [3.63, 3.8) is 0 Å². The molecule has 1 aliphatic rings. The molecule has 0 fully saturated rings. The van der Waals surface area contributed by atoms with Crippen LogP contribution in [0.25, 0.3) is 5.57 Å². The van der Waals surface area contributed by atoms with Crippen molar-refractivity contribution in [3.8, 4) is 11.5 Å². The third-order valence-electron chi connectivity index (χ3n) is 2.66. The molecule has 2 radical (unpaired) electrons. The van der Waals surface area contributed by atoms with E-state index in [0.29, 0.717) is 22.1 Å². The summed E-state index contributed by atoms with van der Waals surface area (Å²) in [4.78, 5) is 4.22. The number of rotatable bonds is 0. The highest BCUT2D eigenvalue weighted by Crippen LogP contribution is 2.41. The summed E-state index contributed by atoms with van der Waals surface area (Å²) < 4.78 is 5.72. The van der Waals surface area contributed by atoms with Crippen LogP contribution in [0.3, 0.4) is 0 Å². The zero-order valence-electron chi connectivity index (χ0n) is 8.90. The number of hydrogen-bond donors (Lipinski definition) is 0. The molecule has 4 heteroatoms. The molecule has 0 atom stereocenters. The minimum absolute atomic E-state index is 0.417. The number of benzene rings is 1. The van der Waals surface area contributed by atoms with E-state index in [4.69, 9.17) is 24.2 Å². The summed E-state index contributed by atoms with van der Waals surface area (Å²) in [5.74, 6) is 1.40. The topological polar surface area (TPSA) is 22.1 Å². The van der Waals surface area contributed by atoms with E-state index in [1.54, 1.807) is 18.2 Å². The van der Waals surface area contributed by atoms with Crippen LogP contribution in [0.4, 0.5) is 0 Å². The van der Waals surface area contributed by atoms with Crippen molar-refractivity contribution in [1.29, 1.82) is 0 Å². The van der Waals surface area contributed by atoms with Gasteiger partial charge in [-0.25, -0.2) is 4.98 Å². The van der Waals surface area contributed by atoms with Crippen LogP contribution < -0.4 is 10.2 Å². The minimum atomic E-state index is 0.417. The minimum Gasteiger partial charge on any atom is -0.454 e. The summed E-state index contributed by atoms with van der Waals surface area (Å²) in [6.07, 6.45) is 0. The third kappa shape index (κ3) is 1.63. The maximum Gasteiger partial charge on any atom is 0.153 e. The molecule has 0 saturated carbocycles. The number of nitrogens with zero attached hydrogens (tertiary/aromatic N) is 1. The van der Waals surface area contributed by atoms with E-state index in [-0.39, 0.29) is 0 Å². The fourth-order valence-electron chi connectivity index (χ4n) is 1.84. The normalized spacial score (nSPS) is 12.6. The first-order chi connectivity index (χ1) is 8.15. The number of pyridine rings is 1. The van der Waals surface area contributed by atoms with Gasteiger partial charge in [0, 0.05) is 11.1 Å². The van der Waals surface area contributed by atoms with Gasteiger partial charge in [-0.1, -0.05) is 35.8 Å². The molecule has 0 saturated heterocycles. The lowest BCUT2D eigenvalue weighted by atomic mass is 9.90. The summed E-state index contributed by atoms with van der Waals surface area (Å²) in [5, 5.41) is 0.417. The van der Waals surface area contributed by atoms with E-state index < -0.39 is 0 Å². The van der Waals surface area contributed by atoms with E-state index in [1.165, 1.54) is 0 Å². The molecule has 2 nitrogen and oxygen atoms in total. The van der Waals surface area contributed by atoms with Gasteiger partial charge in [-0.3, -0.25) is 0 Å². The Morgan fingerprint density at radius 1 is 1.18 bits per heavy atom. The molecule has 0 N–H and O–H groups in total. The van der Waals surface area contributed by atoms with Crippen molar-refractivity contribution in [3.05, 3.63) is 53.3 Å². The Hall–Kier alpha value is -1.74. The molecule has 1 aromatic heterocycles. The Labute approximate surface area is 105 Å². The van der Waals surface area contributed by atoms with Crippen LogP contribution in [0, 0.1) is 0 Å². The monoisotopic (exact) mass is 239 g/mol. The predicted octanol–water partition coefficient (Wildman–Crippen LogP) is 2.70. The molecular weight excluding hydrogens is 232 g/mol. The average Bonchev–Trinajstić information content (AvgIpc) is 2.32. The molecule has 2 heterocycles. The number of aromatic nitrogens is 1. The SMILES string of the molecule is [B]c1ccc2c(c1)C(=C)c1nc(Cl)ccc1O2. The molecule has 0 aliphatic carbocycles. The first-order valence-electron chi connectivity index (χ1n) is 5.09. The van der Waals surface area contributed by atoms with Crippen molar-refractivity contribution in [2.75, 3.05) is 0 Å². The maximum absolute atomic E-state index is 5.87. The largest absolute Gasteiger partial charge is 0.454 e. The molecule has 2 aromatic rings. The lowest BCUT2D eigenvalue weighted by Gasteiger charge is -2.21. The van der Waals surface area contributed by atoms with Gasteiger partial charge >= 0.3 is 0 Å². The Morgan fingerprint density at radius 2 is 1.94 bits per heavy atom. The number of halogens is 1. The van der Waals surface area contributed by atoms with Crippen molar-refractivity contribution < 1.29 is 4.74 Å².